The van der Waals surface area contributed by atoms with Gasteiger partial charge in [-0.05, 0) is 38.2 Å². The maximum atomic E-state index is 11.2. The molecule has 0 heterocycles. The Hall–Kier alpha value is -0.630. The predicted octanol–water partition coefficient (Wildman–Crippen LogP) is 1.44. The minimum Gasteiger partial charge on any atom is -0.385 e. The molecule has 0 saturated heterocycles. The van der Waals surface area contributed by atoms with E-state index >= 15 is 0 Å². The molecule has 11 heavy (non-hydrogen) atoms. The quantitative estimate of drug-likeness (QED) is 0.653. The van der Waals surface area contributed by atoms with Crippen LogP contribution < -0.4 is 0 Å². The molecule has 0 amide bonds. The Kier molecular flexibility index (Phi) is 2.83. The van der Waals surface area contributed by atoms with E-state index in [2.05, 4.69) is 0 Å². The van der Waals surface area contributed by atoms with Crippen LogP contribution in [0.1, 0.15) is 32.6 Å². The predicted molar refractivity (Wildman–Crippen MR) is 43.2 cm³/mol. The zero-order chi connectivity index (χ0) is 8.27. The van der Waals surface area contributed by atoms with E-state index < -0.39 is 6.10 Å². The van der Waals surface area contributed by atoms with Crippen molar-refractivity contribution in [1.29, 1.82) is 0 Å². The van der Waals surface area contributed by atoms with Gasteiger partial charge in [-0.3, -0.25) is 4.79 Å². The number of carbonyl (C=O) groups excluding carboxylic acids is 1. The van der Waals surface area contributed by atoms with E-state index in [4.69, 9.17) is 5.11 Å². The van der Waals surface area contributed by atoms with E-state index in [1.807, 2.05) is 6.08 Å². The Morgan fingerprint density at radius 2 is 2.36 bits per heavy atom. The summed E-state index contributed by atoms with van der Waals surface area (Å²) in [6, 6.07) is 0. The molecule has 1 aliphatic carbocycles. The second-order valence-corrected chi connectivity index (χ2v) is 3.02. The van der Waals surface area contributed by atoms with Crippen molar-refractivity contribution in [1.82, 2.24) is 0 Å². The molecule has 1 atom stereocenters. The number of hydrogen-bond donors (Lipinski definition) is 1. The Balaban J connectivity index is 2.58. The lowest BCUT2D eigenvalue weighted by Gasteiger charge is -2.12. The van der Waals surface area contributed by atoms with Crippen molar-refractivity contribution in [2.75, 3.05) is 0 Å². The molecular formula is C9H14O2. The van der Waals surface area contributed by atoms with Crippen LogP contribution in [0.15, 0.2) is 11.6 Å². The van der Waals surface area contributed by atoms with Crippen molar-refractivity contribution >= 4 is 5.78 Å². The first-order chi connectivity index (χ1) is 5.22. The Bertz CT molecular complexity index is 180. The number of Topliss-reactive ketones (excluding diaryl/α,β-unsaturated/α-hetero) is 1. The Morgan fingerprint density at radius 1 is 1.64 bits per heavy atom. The van der Waals surface area contributed by atoms with Crippen LogP contribution in [0.5, 0.6) is 0 Å². The van der Waals surface area contributed by atoms with Gasteiger partial charge >= 0.3 is 0 Å². The van der Waals surface area contributed by atoms with Gasteiger partial charge in [0.2, 0.25) is 0 Å². The number of hydrogen-bond acceptors (Lipinski definition) is 2. The molecule has 1 aliphatic rings. The average molecular weight is 154 g/mol. The zero-order valence-corrected chi connectivity index (χ0v) is 6.84. The SMILES string of the molecule is CC(O)C(=O)C1=CCCCC1. The minimum atomic E-state index is -0.820. The molecule has 0 aromatic carbocycles. The second kappa shape index (κ2) is 3.67. The van der Waals surface area contributed by atoms with Gasteiger partial charge in [0, 0.05) is 0 Å². The van der Waals surface area contributed by atoms with Crippen LogP contribution >= 0.6 is 0 Å². The Morgan fingerprint density at radius 3 is 2.82 bits per heavy atom. The zero-order valence-electron chi connectivity index (χ0n) is 6.84. The average Bonchev–Trinajstić information content (AvgIpc) is 2.05. The van der Waals surface area contributed by atoms with Crippen LogP contribution in [-0.2, 0) is 4.79 Å². The van der Waals surface area contributed by atoms with Crippen molar-refractivity contribution in [2.24, 2.45) is 0 Å². The molecule has 0 bridgehead atoms. The summed E-state index contributed by atoms with van der Waals surface area (Å²) in [6.07, 6.45) is 5.25. The highest BCUT2D eigenvalue weighted by Gasteiger charge is 2.15. The van der Waals surface area contributed by atoms with Gasteiger partial charge in [-0.2, -0.15) is 0 Å². The van der Waals surface area contributed by atoms with E-state index in [0.717, 1.165) is 24.8 Å². The molecule has 0 fully saturated rings. The smallest absolute Gasteiger partial charge is 0.186 e. The minimum absolute atomic E-state index is 0.0929. The number of rotatable bonds is 2. The fourth-order valence-corrected chi connectivity index (χ4v) is 1.33. The second-order valence-electron chi connectivity index (χ2n) is 3.02. The van der Waals surface area contributed by atoms with Gasteiger partial charge in [0.25, 0.3) is 0 Å². The van der Waals surface area contributed by atoms with E-state index in [-0.39, 0.29) is 5.78 Å². The molecule has 2 heteroatoms. The van der Waals surface area contributed by atoms with Crippen LogP contribution in [0, 0.1) is 0 Å². The molecule has 0 spiro atoms. The summed E-state index contributed by atoms with van der Waals surface area (Å²) in [5.74, 6) is -0.0929. The van der Waals surface area contributed by atoms with Crippen LogP contribution in [0.3, 0.4) is 0 Å². The highest BCUT2D eigenvalue weighted by atomic mass is 16.3. The lowest BCUT2D eigenvalue weighted by molar-refractivity contribution is -0.122. The molecular weight excluding hydrogens is 140 g/mol. The van der Waals surface area contributed by atoms with Crippen LogP contribution in [0.25, 0.3) is 0 Å². The number of allylic oxidation sites excluding steroid dienone is 1. The molecule has 1 unspecified atom stereocenters. The molecule has 0 saturated carbocycles. The van der Waals surface area contributed by atoms with Crippen molar-refractivity contribution in [3.05, 3.63) is 11.6 Å². The number of carbonyl (C=O) groups is 1. The summed E-state index contributed by atoms with van der Waals surface area (Å²) in [7, 11) is 0. The molecule has 1 rings (SSSR count). The van der Waals surface area contributed by atoms with E-state index in [1.165, 1.54) is 13.3 Å². The summed E-state index contributed by atoms with van der Waals surface area (Å²) in [5.41, 5.74) is 0.825. The van der Waals surface area contributed by atoms with Crippen LogP contribution in [-0.4, -0.2) is 17.0 Å². The van der Waals surface area contributed by atoms with Crippen molar-refractivity contribution < 1.29 is 9.90 Å². The number of aliphatic hydroxyl groups is 1. The highest BCUT2D eigenvalue weighted by Crippen LogP contribution is 2.18. The van der Waals surface area contributed by atoms with Crippen LogP contribution in [0.2, 0.25) is 0 Å². The third-order valence-electron chi connectivity index (χ3n) is 1.99. The summed E-state index contributed by atoms with van der Waals surface area (Å²) < 4.78 is 0. The summed E-state index contributed by atoms with van der Waals surface area (Å²) in [4.78, 5) is 11.2. The maximum Gasteiger partial charge on any atom is 0.186 e. The van der Waals surface area contributed by atoms with Gasteiger partial charge in [0.15, 0.2) is 5.78 Å². The monoisotopic (exact) mass is 154 g/mol. The summed E-state index contributed by atoms with van der Waals surface area (Å²) in [5, 5.41) is 8.98. The fourth-order valence-electron chi connectivity index (χ4n) is 1.33. The highest BCUT2D eigenvalue weighted by molar-refractivity contribution is 5.98. The molecule has 0 aromatic rings. The first-order valence-corrected chi connectivity index (χ1v) is 4.13. The molecule has 0 radical (unpaired) electrons. The first-order valence-electron chi connectivity index (χ1n) is 4.13. The van der Waals surface area contributed by atoms with Crippen molar-refractivity contribution in [3.8, 4) is 0 Å². The summed E-state index contributed by atoms with van der Waals surface area (Å²) >= 11 is 0. The summed E-state index contributed by atoms with van der Waals surface area (Å²) in [6.45, 7) is 1.53. The van der Waals surface area contributed by atoms with E-state index in [0.29, 0.717) is 0 Å². The third kappa shape index (κ3) is 2.15. The van der Waals surface area contributed by atoms with Gasteiger partial charge in [0.05, 0.1) is 0 Å². The lowest BCUT2D eigenvalue weighted by Crippen LogP contribution is -2.19. The third-order valence-corrected chi connectivity index (χ3v) is 1.99. The number of aliphatic hydroxyl groups excluding tert-OH is 1. The fraction of sp³-hybridized carbons (Fsp3) is 0.667. The van der Waals surface area contributed by atoms with E-state index in [9.17, 15) is 4.79 Å². The number of ketones is 1. The van der Waals surface area contributed by atoms with E-state index in [1.54, 1.807) is 0 Å². The standard InChI is InChI=1S/C9H14O2/c1-7(10)9(11)8-5-3-2-4-6-8/h5,7,10H,2-4,6H2,1H3. The molecule has 0 aromatic heterocycles. The van der Waals surface area contributed by atoms with Gasteiger partial charge in [-0.15, -0.1) is 0 Å². The largest absolute Gasteiger partial charge is 0.385 e. The normalized spacial score (nSPS) is 20.7. The molecule has 0 aliphatic heterocycles. The van der Waals surface area contributed by atoms with Gasteiger partial charge in [-0.25, -0.2) is 0 Å². The van der Waals surface area contributed by atoms with Crippen molar-refractivity contribution in [3.63, 3.8) is 0 Å². The molecule has 62 valence electrons. The van der Waals surface area contributed by atoms with Crippen LogP contribution in [0.4, 0.5) is 0 Å². The lowest BCUT2D eigenvalue weighted by atomic mass is 9.95. The van der Waals surface area contributed by atoms with Gasteiger partial charge in [0.1, 0.15) is 6.10 Å². The van der Waals surface area contributed by atoms with Gasteiger partial charge < -0.3 is 5.11 Å². The van der Waals surface area contributed by atoms with Crippen molar-refractivity contribution in [2.45, 2.75) is 38.7 Å². The Labute approximate surface area is 66.9 Å². The maximum absolute atomic E-state index is 11.2. The molecule has 2 nitrogen and oxygen atoms in total. The molecule has 1 N–H and O–H groups in total. The van der Waals surface area contributed by atoms with Gasteiger partial charge in [-0.1, -0.05) is 6.08 Å². The first kappa shape index (κ1) is 8.47. The topological polar surface area (TPSA) is 37.3 Å².